The Morgan fingerprint density at radius 1 is 1.27 bits per heavy atom. The summed E-state index contributed by atoms with van der Waals surface area (Å²) < 4.78 is 30.4. The van der Waals surface area contributed by atoms with Crippen molar-refractivity contribution in [3.05, 3.63) is 35.9 Å². The quantitative estimate of drug-likeness (QED) is 0.773. The molecule has 0 aliphatic heterocycles. The molecule has 1 aromatic carbocycles. The SMILES string of the molecule is CC(CF)c1ccccc1.O=S(=O)(Cl)Cl. The topological polar surface area (TPSA) is 34.1 Å². The third kappa shape index (κ3) is 9.97. The second kappa shape index (κ2) is 7.04. The maximum Gasteiger partial charge on any atom is 0.317 e. The van der Waals surface area contributed by atoms with Crippen LogP contribution >= 0.6 is 21.4 Å². The van der Waals surface area contributed by atoms with E-state index < -0.39 is 8.26 Å². The van der Waals surface area contributed by atoms with E-state index in [1.54, 1.807) is 0 Å². The van der Waals surface area contributed by atoms with Crippen molar-refractivity contribution in [3.63, 3.8) is 0 Å². The minimum absolute atomic E-state index is 0.0428. The van der Waals surface area contributed by atoms with Crippen LogP contribution in [0.2, 0.25) is 0 Å². The standard InChI is InChI=1S/C9H11F.Cl2O2S/c1-8(7-10)9-5-3-2-4-6-9;1-5(2,3)4/h2-6,8H,7H2,1H3;. The van der Waals surface area contributed by atoms with Gasteiger partial charge in [0.1, 0.15) is 0 Å². The van der Waals surface area contributed by atoms with Gasteiger partial charge in [-0.1, -0.05) is 37.3 Å². The highest BCUT2D eigenvalue weighted by Crippen LogP contribution is 2.13. The van der Waals surface area contributed by atoms with E-state index in [1.807, 2.05) is 37.3 Å². The number of hydrogen-bond donors (Lipinski definition) is 0. The zero-order chi connectivity index (χ0) is 11.9. The molecule has 0 N–H and O–H groups in total. The van der Waals surface area contributed by atoms with Crippen LogP contribution in [-0.4, -0.2) is 15.1 Å². The minimum Gasteiger partial charge on any atom is -0.250 e. The maximum atomic E-state index is 12.1. The summed E-state index contributed by atoms with van der Waals surface area (Å²) in [5, 5.41) is 0. The molecule has 0 saturated heterocycles. The average Bonchev–Trinajstić information content (AvgIpc) is 2.15. The van der Waals surface area contributed by atoms with Gasteiger partial charge in [-0.3, -0.25) is 4.39 Å². The first-order chi connectivity index (χ1) is 6.84. The first-order valence-corrected chi connectivity index (χ1v) is 7.23. The third-order valence-corrected chi connectivity index (χ3v) is 1.60. The molecule has 1 aromatic rings. The molecule has 0 fully saturated rings. The van der Waals surface area contributed by atoms with Gasteiger partial charge in [-0.05, 0) is 5.56 Å². The van der Waals surface area contributed by atoms with Crippen molar-refractivity contribution >= 4 is 29.6 Å². The Labute approximate surface area is 97.9 Å². The lowest BCUT2D eigenvalue weighted by Crippen LogP contribution is -1.93. The number of rotatable bonds is 2. The normalized spacial score (nSPS) is 12.5. The second-order valence-corrected chi connectivity index (χ2v) is 6.51. The Hall–Kier alpha value is -0.320. The van der Waals surface area contributed by atoms with Gasteiger partial charge in [0.2, 0.25) is 0 Å². The summed E-state index contributed by atoms with van der Waals surface area (Å²) in [4.78, 5) is 0. The smallest absolute Gasteiger partial charge is 0.250 e. The largest absolute Gasteiger partial charge is 0.317 e. The summed E-state index contributed by atoms with van der Waals surface area (Å²) in [5.41, 5.74) is 1.07. The van der Waals surface area contributed by atoms with Crippen LogP contribution in [-0.2, 0) is 8.26 Å². The molecule has 0 aliphatic carbocycles. The van der Waals surface area contributed by atoms with E-state index in [9.17, 15) is 4.39 Å². The van der Waals surface area contributed by atoms with Crippen molar-refractivity contribution in [1.29, 1.82) is 0 Å². The Morgan fingerprint density at radius 2 is 1.67 bits per heavy atom. The predicted octanol–water partition coefficient (Wildman–Crippen LogP) is 3.47. The molecule has 0 spiro atoms. The molecule has 0 radical (unpaired) electrons. The van der Waals surface area contributed by atoms with E-state index >= 15 is 0 Å². The molecule has 0 bridgehead atoms. The van der Waals surface area contributed by atoms with Crippen LogP contribution < -0.4 is 0 Å². The molecule has 0 aromatic heterocycles. The van der Waals surface area contributed by atoms with Crippen molar-refractivity contribution < 1.29 is 12.8 Å². The van der Waals surface area contributed by atoms with Gasteiger partial charge in [-0.2, -0.15) is 8.42 Å². The summed E-state index contributed by atoms with van der Waals surface area (Å²) in [6.07, 6.45) is 0. The maximum absolute atomic E-state index is 12.1. The Balaban J connectivity index is 0.000000336. The van der Waals surface area contributed by atoms with Crippen molar-refractivity contribution in [1.82, 2.24) is 0 Å². The van der Waals surface area contributed by atoms with Crippen LogP contribution in [0.4, 0.5) is 4.39 Å². The van der Waals surface area contributed by atoms with E-state index in [0.29, 0.717) is 0 Å². The highest BCUT2D eigenvalue weighted by Gasteiger charge is 2.01. The lowest BCUT2D eigenvalue weighted by molar-refractivity contribution is 0.447. The van der Waals surface area contributed by atoms with Crippen LogP contribution in [0.5, 0.6) is 0 Å². The average molecular weight is 273 g/mol. The fourth-order valence-electron chi connectivity index (χ4n) is 0.871. The zero-order valence-corrected chi connectivity index (χ0v) is 10.4. The lowest BCUT2D eigenvalue weighted by atomic mass is 10.0. The molecule has 1 rings (SSSR count). The van der Waals surface area contributed by atoms with Gasteiger partial charge in [0.15, 0.2) is 0 Å². The van der Waals surface area contributed by atoms with E-state index in [-0.39, 0.29) is 12.6 Å². The molecule has 6 heteroatoms. The van der Waals surface area contributed by atoms with Gasteiger partial charge >= 0.3 is 8.26 Å². The first-order valence-electron chi connectivity index (χ1n) is 4.09. The fraction of sp³-hybridized carbons (Fsp3) is 0.333. The molecule has 0 amide bonds. The molecule has 0 heterocycles. The molecule has 2 nitrogen and oxygen atoms in total. The zero-order valence-electron chi connectivity index (χ0n) is 8.03. The highest BCUT2D eigenvalue weighted by molar-refractivity contribution is 8.31. The van der Waals surface area contributed by atoms with Gasteiger partial charge in [0.25, 0.3) is 0 Å². The molecule has 15 heavy (non-hydrogen) atoms. The van der Waals surface area contributed by atoms with Crippen molar-refractivity contribution in [2.24, 2.45) is 0 Å². The Morgan fingerprint density at radius 3 is 2.00 bits per heavy atom. The molecule has 86 valence electrons. The van der Waals surface area contributed by atoms with E-state index in [4.69, 9.17) is 8.42 Å². The summed E-state index contributed by atoms with van der Waals surface area (Å²) in [6, 6.07) is 9.70. The Bertz CT molecular complexity index is 359. The van der Waals surface area contributed by atoms with Gasteiger partial charge in [-0.15, -0.1) is 0 Å². The van der Waals surface area contributed by atoms with Gasteiger partial charge in [0, 0.05) is 27.3 Å². The fourth-order valence-corrected chi connectivity index (χ4v) is 0.871. The predicted molar refractivity (Wildman–Crippen MR) is 61.5 cm³/mol. The molecular formula is C9H11Cl2FO2S. The van der Waals surface area contributed by atoms with E-state index in [1.165, 1.54) is 0 Å². The number of alkyl halides is 1. The summed E-state index contributed by atoms with van der Waals surface area (Å²) in [5.74, 6) is 0.0428. The van der Waals surface area contributed by atoms with E-state index in [0.717, 1.165) is 5.56 Å². The van der Waals surface area contributed by atoms with Crippen molar-refractivity contribution in [2.75, 3.05) is 6.67 Å². The van der Waals surface area contributed by atoms with Crippen LogP contribution in [0.3, 0.4) is 0 Å². The molecule has 0 saturated carbocycles. The molecule has 0 aliphatic rings. The van der Waals surface area contributed by atoms with Crippen LogP contribution in [0.15, 0.2) is 30.3 Å². The first kappa shape index (κ1) is 14.7. The second-order valence-electron chi connectivity index (χ2n) is 2.84. The molecule has 1 unspecified atom stereocenters. The minimum atomic E-state index is -3.72. The number of benzene rings is 1. The van der Waals surface area contributed by atoms with Crippen LogP contribution in [0.25, 0.3) is 0 Å². The highest BCUT2D eigenvalue weighted by atomic mass is 36.0. The van der Waals surface area contributed by atoms with Crippen LogP contribution in [0, 0.1) is 0 Å². The van der Waals surface area contributed by atoms with Gasteiger partial charge < -0.3 is 0 Å². The summed E-state index contributed by atoms with van der Waals surface area (Å²) in [7, 11) is 4.81. The van der Waals surface area contributed by atoms with Crippen LogP contribution in [0.1, 0.15) is 18.4 Å². The lowest BCUT2D eigenvalue weighted by Gasteiger charge is -2.04. The molecular weight excluding hydrogens is 262 g/mol. The van der Waals surface area contributed by atoms with Crippen molar-refractivity contribution in [3.8, 4) is 0 Å². The summed E-state index contributed by atoms with van der Waals surface area (Å²) >= 11 is 0. The number of halogens is 3. The van der Waals surface area contributed by atoms with Crippen molar-refractivity contribution in [2.45, 2.75) is 12.8 Å². The summed E-state index contributed by atoms with van der Waals surface area (Å²) in [6.45, 7) is 1.61. The molecule has 1 atom stereocenters. The third-order valence-electron chi connectivity index (χ3n) is 1.60. The van der Waals surface area contributed by atoms with Gasteiger partial charge in [0.05, 0.1) is 6.67 Å². The number of hydrogen-bond acceptors (Lipinski definition) is 2. The van der Waals surface area contributed by atoms with Gasteiger partial charge in [-0.25, -0.2) is 0 Å². The monoisotopic (exact) mass is 272 g/mol. The van der Waals surface area contributed by atoms with E-state index in [2.05, 4.69) is 21.4 Å². The Kier molecular flexibility index (Phi) is 6.89.